The van der Waals surface area contributed by atoms with E-state index in [4.69, 9.17) is 16.9 Å². The predicted molar refractivity (Wildman–Crippen MR) is 81.6 cm³/mol. The van der Waals surface area contributed by atoms with Crippen LogP contribution in [-0.4, -0.2) is 50.3 Å². The van der Waals surface area contributed by atoms with Crippen LogP contribution in [0.2, 0.25) is 5.02 Å². The van der Waals surface area contributed by atoms with Gasteiger partial charge < -0.3 is 4.90 Å². The van der Waals surface area contributed by atoms with Crippen LogP contribution in [0.1, 0.15) is 18.9 Å². The minimum atomic E-state index is -3.62. The lowest BCUT2D eigenvalue weighted by Crippen LogP contribution is -2.52. The highest BCUT2D eigenvalue weighted by molar-refractivity contribution is 7.89. The monoisotopic (exact) mass is 327 g/mol. The van der Waals surface area contributed by atoms with E-state index < -0.39 is 10.0 Å². The molecule has 21 heavy (non-hydrogen) atoms. The Morgan fingerprint density at radius 2 is 2.14 bits per heavy atom. The van der Waals surface area contributed by atoms with Crippen LogP contribution in [0.5, 0.6) is 0 Å². The normalized spacial score (nSPS) is 21.1. The number of rotatable bonds is 3. The summed E-state index contributed by atoms with van der Waals surface area (Å²) in [5, 5.41) is 8.92. The summed E-state index contributed by atoms with van der Waals surface area (Å²) in [6.07, 6.45) is 0.892. The Hall–Kier alpha value is -1.13. The molecule has 1 aromatic carbocycles. The van der Waals surface area contributed by atoms with Gasteiger partial charge in [-0.3, -0.25) is 0 Å². The minimum Gasteiger partial charge on any atom is -0.301 e. The summed E-state index contributed by atoms with van der Waals surface area (Å²) in [5.41, 5.74) is 0.351. The van der Waals surface area contributed by atoms with Crippen LogP contribution < -0.4 is 0 Å². The van der Waals surface area contributed by atoms with Crippen LogP contribution in [-0.2, 0) is 10.0 Å². The van der Waals surface area contributed by atoms with Crippen molar-refractivity contribution in [1.82, 2.24) is 9.21 Å². The van der Waals surface area contributed by atoms with E-state index in [0.717, 1.165) is 6.42 Å². The third-order valence-electron chi connectivity index (χ3n) is 3.89. The van der Waals surface area contributed by atoms with E-state index >= 15 is 0 Å². The molecule has 0 bridgehead atoms. The molecule has 1 atom stereocenters. The van der Waals surface area contributed by atoms with Gasteiger partial charge >= 0.3 is 0 Å². The Morgan fingerprint density at radius 1 is 1.43 bits per heavy atom. The van der Waals surface area contributed by atoms with Gasteiger partial charge in [0.25, 0.3) is 0 Å². The van der Waals surface area contributed by atoms with Crippen molar-refractivity contribution < 1.29 is 8.42 Å². The van der Waals surface area contributed by atoms with Gasteiger partial charge in [-0.25, -0.2) is 8.42 Å². The van der Waals surface area contributed by atoms with Crippen LogP contribution in [0.4, 0.5) is 0 Å². The van der Waals surface area contributed by atoms with E-state index in [0.29, 0.717) is 25.2 Å². The van der Waals surface area contributed by atoms with Crippen molar-refractivity contribution in [1.29, 1.82) is 5.26 Å². The molecule has 5 nitrogen and oxygen atoms in total. The first kappa shape index (κ1) is 16.2. The van der Waals surface area contributed by atoms with Crippen molar-refractivity contribution >= 4 is 21.6 Å². The Balaban J connectivity index is 2.32. The lowest BCUT2D eigenvalue weighted by molar-refractivity contribution is 0.144. The fraction of sp³-hybridized carbons (Fsp3) is 0.500. The molecule has 0 amide bonds. The second kappa shape index (κ2) is 6.32. The van der Waals surface area contributed by atoms with E-state index in [1.807, 2.05) is 20.0 Å². The van der Waals surface area contributed by atoms with Gasteiger partial charge in [-0.2, -0.15) is 9.57 Å². The van der Waals surface area contributed by atoms with Crippen molar-refractivity contribution in [2.24, 2.45) is 0 Å². The highest BCUT2D eigenvalue weighted by atomic mass is 35.5. The molecule has 0 spiro atoms. The SMILES string of the molecule is CCC1CN(S(=O)(=O)c2ccc(C#N)cc2Cl)CCN1C. The fourth-order valence-electron chi connectivity index (χ4n) is 2.50. The van der Waals surface area contributed by atoms with Gasteiger partial charge in [0.1, 0.15) is 4.90 Å². The summed E-state index contributed by atoms with van der Waals surface area (Å²) in [5.74, 6) is 0. The molecule has 7 heteroatoms. The third kappa shape index (κ3) is 3.22. The molecule has 0 saturated carbocycles. The molecule has 1 heterocycles. The first-order valence-electron chi connectivity index (χ1n) is 6.80. The average molecular weight is 328 g/mol. The number of hydrogen-bond acceptors (Lipinski definition) is 4. The van der Waals surface area contributed by atoms with Crippen molar-refractivity contribution in [3.05, 3.63) is 28.8 Å². The van der Waals surface area contributed by atoms with Crippen LogP contribution in [0.25, 0.3) is 0 Å². The largest absolute Gasteiger partial charge is 0.301 e. The van der Waals surface area contributed by atoms with E-state index in [2.05, 4.69) is 4.90 Å². The Bertz CT molecular complexity index is 669. The zero-order valence-electron chi connectivity index (χ0n) is 12.1. The molecule has 1 saturated heterocycles. The van der Waals surface area contributed by atoms with Crippen LogP contribution in [0, 0.1) is 11.3 Å². The summed E-state index contributed by atoms with van der Waals surface area (Å²) < 4.78 is 26.9. The maximum Gasteiger partial charge on any atom is 0.244 e. The number of benzene rings is 1. The summed E-state index contributed by atoms with van der Waals surface area (Å²) in [7, 11) is -1.61. The summed E-state index contributed by atoms with van der Waals surface area (Å²) in [4.78, 5) is 2.24. The molecule has 0 radical (unpaired) electrons. The molecule has 114 valence electrons. The molecule has 0 aliphatic carbocycles. The van der Waals surface area contributed by atoms with Crippen LogP contribution in [0.15, 0.2) is 23.1 Å². The van der Waals surface area contributed by atoms with Crippen LogP contribution >= 0.6 is 11.6 Å². The maximum absolute atomic E-state index is 12.7. The number of nitriles is 1. The number of hydrogen-bond donors (Lipinski definition) is 0. The molecule has 1 unspecified atom stereocenters. The lowest BCUT2D eigenvalue weighted by atomic mass is 10.1. The number of nitrogens with zero attached hydrogens (tertiary/aromatic N) is 3. The first-order chi connectivity index (χ1) is 9.90. The number of halogens is 1. The quantitative estimate of drug-likeness (QED) is 0.851. The summed E-state index contributed by atoms with van der Waals surface area (Å²) in [6, 6.07) is 6.44. The van der Waals surface area contributed by atoms with Crippen molar-refractivity contribution in [3.63, 3.8) is 0 Å². The zero-order valence-corrected chi connectivity index (χ0v) is 13.7. The molecular formula is C14H18ClN3O2S. The first-order valence-corrected chi connectivity index (χ1v) is 8.62. The fourth-order valence-corrected chi connectivity index (χ4v) is 4.48. The van der Waals surface area contributed by atoms with Gasteiger partial charge in [-0.05, 0) is 31.7 Å². The third-order valence-corrected chi connectivity index (χ3v) is 6.24. The molecule has 1 fully saturated rings. The number of likely N-dealkylation sites (N-methyl/N-ethyl adjacent to an activating group) is 1. The lowest BCUT2D eigenvalue weighted by Gasteiger charge is -2.38. The Kier molecular flexibility index (Phi) is 4.89. The molecule has 1 aromatic rings. The molecule has 1 aliphatic heterocycles. The highest BCUT2D eigenvalue weighted by Crippen LogP contribution is 2.27. The van der Waals surface area contributed by atoms with Crippen molar-refractivity contribution in [2.45, 2.75) is 24.3 Å². The second-order valence-corrected chi connectivity index (χ2v) is 7.48. The van der Waals surface area contributed by atoms with Gasteiger partial charge in [0.15, 0.2) is 0 Å². The summed E-state index contributed by atoms with van der Waals surface area (Å²) >= 11 is 6.04. The molecule has 0 N–H and O–H groups in total. The second-order valence-electron chi connectivity index (χ2n) is 5.16. The van der Waals surface area contributed by atoms with Crippen molar-refractivity contribution in [3.8, 4) is 6.07 Å². The topological polar surface area (TPSA) is 64.4 Å². The van der Waals surface area contributed by atoms with Gasteiger partial charge in [0.05, 0.1) is 16.7 Å². The van der Waals surface area contributed by atoms with E-state index in [-0.39, 0.29) is 16.0 Å². The van der Waals surface area contributed by atoms with E-state index in [9.17, 15) is 8.42 Å². The molecule has 2 rings (SSSR count). The predicted octanol–water partition coefficient (Wildman–Crippen LogP) is 1.93. The average Bonchev–Trinajstić information content (AvgIpc) is 2.47. The molecular weight excluding hydrogens is 310 g/mol. The number of sulfonamides is 1. The minimum absolute atomic E-state index is 0.0718. The van der Waals surface area contributed by atoms with Gasteiger partial charge in [-0.1, -0.05) is 18.5 Å². The van der Waals surface area contributed by atoms with Crippen LogP contribution in [0.3, 0.4) is 0 Å². The Morgan fingerprint density at radius 3 is 2.71 bits per heavy atom. The number of piperazine rings is 1. The van der Waals surface area contributed by atoms with Crippen molar-refractivity contribution in [2.75, 3.05) is 26.7 Å². The van der Waals surface area contributed by atoms with Gasteiger partial charge in [0, 0.05) is 25.7 Å². The standard InChI is InChI=1S/C14H18ClN3O2S/c1-3-12-10-18(7-6-17(12)2)21(19,20)14-5-4-11(9-16)8-13(14)15/h4-5,8,12H,3,6-7,10H2,1-2H3. The van der Waals surface area contributed by atoms with Gasteiger partial charge in [-0.15, -0.1) is 0 Å². The van der Waals surface area contributed by atoms with E-state index in [1.54, 1.807) is 0 Å². The summed E-state index contributed by atoms with van der Waals surface area (Å²) in [6.45, 7) is 3.66. The molecule has 0 aromatic heterocycles. The smallest absolute Gasteiger partial charge is 0.244 e. The zero-order chi connectivity index (χ0) is 15.6. The highest BCUT2D eigenvalue weighted by Gasteiger charge is 2.33. The maximum atomic E-state index is 12.7. The van der Waals surface area contributed by atoms with Gasteiger partial charge in [0.2, 0.25) is 10.0 Å². The van der Waals surface area contributed by atoms with E-state index in [1.165, 1.54) is 22.5 Å². The Labute approximate surface area is 130 Å². The molecule has 1 aliphatic rings.